The van der Waals surface area contributed by atoms with Crippen LogP contribution in [0, 0.1) is 11.3 Å². The minimum Gasteiger partial charge on any atom is -0.495 e. The summed E-state index contributed by atoms with van der Waals surface area (Å²) in [6, 6.07) is 3.21. The molecule has 58 heavy (non-hydrogen) atoms. The second-order valence-electron chi connectivity index (χ2n) is 17.3. The number of thiazole rings is 1. The molecule has 1 unspecified atom stereocenters. The molecule has 1 aromatic carbocycles. The number of halogens is 1. The number of carboxylic acids is 1. The van der Waals surface area contributed by atoms with E-state index in [0.29, 0.717) is 53.1 Å². The van der Waals surface area contributed by atoms with Gasteiger partial charge < -0.3 is 44.9 Å². The first-order chi connectivity index (χ1) is 27.5. The van der Waals surface area contributed by atoms with Gasteiger partial charge >= 0.3 is 12.1 Å². The van der Waals surface area contributed by atoms with Gasteiger partial charge in [0.25, 0.3) is 0 Å². The zero-order valence-corrected chi connectivity index (χ0v) is 35.5. The Hall–Kier alpha value is -4.41. The third-order valence-corrected chi connectivity index (χ3v) is 12.7. The number of carbonyl (C=O) groups excluding carboxylic acids is 3. The summed E-state index contributed by atoms with van der Waals surface area (Å²) in [6.45, 7) is 11.3. The number of amides is 3. The van der Waals surface area contributed by atoms with Crippen LogP contribution >= 0.6 is 22.9 Å². The number of pyridine rings is 1. The Kier molecular flexibility index (Phi) is 11.7. The average molecular weight is 841 g/mol. The minimum atomic E-state index is -1.42. The number of fused-ring (bicyclic) bond motifs is 3. The van der Waals surface area contributed by atoms with Crippen LogP contribution < -0.4 is 25.4 Å². The third-order valence-electron chi connectivity index (χ3n) is 11.6. The van der Waals surface area contributed by atoms with Crippen molar-refractivity contribution in [1.29, 1.82) is 0 Å². The van der Waals surface area contributed by atoms with Crippen LogP contribution in [0.25, 0.3) is 22.3 Å². The van der Waals surface area contributed by atoms with Gasteiger partial charge in [-0.25, -0.2) is 19.6 Å². The molecule has 17 heteroatoms. The number of methoxy groups -OCH3 is 1. The normalized spacial score (nSPS) is 26.9. The van der Waals surface area contributed by atoms with E-state index in [0.717, 1.165) is 18.0 Å². The maximum absolute atomic E-state index is 14.8. The maximum atomic E-state index is 14.8. The van der Waals surface area contributed by atoms with Crippen LogP contribution in [-0.2, 0) is 23.9 Å². The van der Waals surface area contributed by atoms with Crippen LogP contribution in [0.4, 0.5) is 9.93 Å². The van der Waals surface area contributed by atoms with Crippen molar-refractivity contribution >= 4 is 62.8 Å². The van der Waals surface area contributed by atoms with Crippen molar-refractivity contribution in [3.8, 4) is 22.9 Å². The van der Waals surface area contributed by atoms with Crippen molar-refractivity contribution in [2.75, 3.05) is 19.0 Å². The van der Waals surface area contributed by atoms with Gasteiger partial charge in [-0.3, -0.25) is 9.59 Å². The van der Waals surface area contributed by atoms with Crippen LogP contribution in [0.5, 0.6) is 11.5 Å². The number of aliphatic carboxylic acids is 1. The number of ether oxygens (including phenoxy) is 4. The average Bonchev–Trinajstić information content (AvgIpc) is 3.42. The van der Waals surface area contributed by atoms with E-state index >= 15 is 0 Å². The summed E-state index contributed by atoms with van der Waals surface area (Å²) in [7, 11) is 1.51. The Morgan fingerprint density at radius 1 is 1.07 bits per heavy atom. The third kappa shape index (κ3) is 8.51. The summed E-state index contributed by atoms with van der Waals surface area (Å²) >= 11 is 8.26. The summed E-state index contributed by atoms with van der Waals surface area (Å²) < 4.78 is 24.0. The summed E-state index contributed by atoms with van der Waals surface area (Å²) in [6.07, 6.45) is 2.26. The van der Waals surface area contributed by atoms with Crippen LogP contribution in [0.3, 0.4) is 0 Å². The number of carboxylic acid groups (broad SMARTS) is 1. The molecule has 2 bridgehead atoms. The SMILES string of the molecule is CC[C@@H]1C[C@]1(NC(=O)[C@@H]1C[C@@H](Oc2cc(-c3csc(NC(C)C)n3)nc3c(Cl)c(OC)ccc23)CN1C(=O)[C@@H](NC(=O)OC1C[C@H]2CC[C@@H](C1)O2)C(C)(C)C)C(=O)O. The van der Waals surface area contributed by atoms with Gasteiger partial charge in [-0.2, -0.15) is 0 Å². The van der Waals surface area contributed by atoms with Crippen LogP contribution in [0.15, 0.2) is 23.6 Å². The molecule has 4 fully saturated rings. The van der Waals surface area contributed by atoms with Gasteiger partial charge in [-0.15, -0.1) is 11.3 Å². The number of alkyl carbamates (subject to hydrolysis) is 1. The van der Waals surface area contributed by atoms with Crippen LogP contribution in [0.1, 0.15) is 86.5 Å². The molecule has 7 rings (SSSR count). The number of anilines is 1. The fourth-order valence-corrected chi connectivity index (χ4v) is 9.61. The number of benzene rings is 1. The van der Waals surface area contributed by atoms with Crippen LogP contribution in [-0.4, -0.2) is 106 Å². The van der Waals surface area contributed by atoms with Crippen molar-refractivity contribution in [1.82, 2.24) is 25.5 Å². The highest BCUT2D eigenvalue weighted by Gasteiger charge is 2.61. The molecule has 314 valence electrons. The Labute approximate surface area is 346 Å². The molecule has 3 aliphatic heterocycles. The van der Waals surface area contributed by atoms with Gasteiger partial charge in [0, 0.05) is 42.1 Å². The number of hydrogen-bond donors (Lipinski definition) is 4. The van der Waals surface area contributed by atoms with Gasteiger partial charge in [0.1, 0.15) is 52.0 Å². The molecular weight excluding hydrogens is 788 g/mol. The number of rotatable bonds is 13. The van der Waals surface area contributed by atoms with E-state index < -0.39 is 53.0 Å². The molecule has 4 N–H and O–H groups in total. The fraction of sp³-hybridized carbons (Fsp3) is 0.610. The Balaban J connectivity index is 1.19. The lowest BCUT2D eigenvalue weighted by molar-refractivity contribution is -0.146. The number of likely N-dealkylation sites (tertiary alicyclic amines) is 1. The van der Waals surface area contributed by atoms with Crippen molar-refractivity contribution < 1.29 is 43.2 Å². The predicted octanol–water partition coefficient (Wildman–Crippen LogP) is 6.41. The number of carbonyl (C=O) groups is 4. The number of hydrogen-bond acceptors (Lipinski definition) is 12. The fourth-order valence-electron chi connectivity index (χ4n) is 8.47. The van der Waals surface area contributed by atoms with Gasteiger partial charge in [-0.1, -0.05) is 45.7 Å². The topological polar surface area (TPSA) is 191 Å². The molecule has 3 aromatic rings. The van der Waals surface area contributed by atoms with E-state index in [4.69, 9.17) is 40.5 Å². The first-order valence-corrected chi connectivity index (χ1v) is 21.3. The number of aromatic nitrogens is 2. The highest BCUT2D eigenvalue weighted by atomic mass is 35.5. The molecule has 3 saturated heterocycles. The van der Waals surface area contributed by atoms with Crippen molar-refractivity contribution in [3.05, 3.63) is 28.6 Å². The lowest BCUT2D eigenvalue weighted by atomic mass is 9.85. The summed E-state index contributed by atoms with van der Waals surface area (Å²) in [4.78, 5) is 65.9. The number of nitrogens with one attached hydrogen (secondary N) is 3. The second-order valence-corrected chi connectivity index (χ2v) is 18.5. The highest BCUT2D eigenvalue weighted by Crippen LogP contribution is 2.47. The van der Waals surface area contributed by atoms with E-state index in [2.05, 4.69) is 16.0 Å². The van der Waals surface area contributed by atoms with Gasteiger partial charge in [0.05, 0.1) is 37.1 Å². The van der Waals surface area contributed by atoms with Gasteiger partial charge in [0.15, 0.2) is 5.13 Å². The molecule has 0 radical (unpaired) electrons. The van der Waals surface area contributed by atoms with Gasteiger partial charge in [0.2, 0.25) is 11.8 Å². The van der Waals surface area contributed by atoms with E-state index in [1.807, 2.05) is 46.9 Å². The van der Waals surface area contributed by atoms with E-state index in [1.54, 1.807) is 18.2 Å². The van der Waals surface area contributed by atoms with Crippen molar-refractivity contribution in [2.24, 2.45) is 11.3 Å². The minimum absolute atomic E-state index is 0.0387. The standard InChI is InChI=1S/C41H53ClN6O9S/c1-8-21-17-41(21,37(51)52)47-35(49)29-15-25(18-48(29)36(50)34(40(4,5)6)46-39(53)57-24-13-22-9-10-23(14-24)55-22)56-31-16-27(28-19-58-38(45-28)43-20(2)3)44-33-26(31)11-12-30(54-7)32(33)42/h11-12,16,19-25,29,34H,8-10,13-15,17-18H2,1-7H3,(H,43,45)(H,46,53)(H,47,49)(H,51,52)/t21-,22-,23+,24?,25-,29+,34-,41-/m1/s1. The molecule has 3 amide bonds. The molecule has 5 heterocycles. The maximum Gasteiger partial charge on any atom is 0.408 e. The predicted molar refractivity (Wildman–Crippen MR) is 218 cm³/mol. The van der Waals surface area contributed by atoms with E-state index in [1.165, 1.54) is 23.3 Å². The molecule has 15 nitrogen and oxygen atoms in total. The molecule has 0 spiro atoms. The number of nitrogens with zero attached hydrogens (tertiary/aromatic N) is 3. The van der Waals surface area contributed by atoms with E-state index in [9.17, 15) is 24.3 Å². The second kappa shape index (κ2) is 16.3. The lowest BCUT2D eigenvalue weighted by Crippen LogP contribution is -2.59. The Morgan fingerprint density at radius 3 is 2.41 bits per heavy atom. The molecule has 8 atom stereocenters. The first-order valence-electron chi connectivity index (χ1n) is 20.0. The molecule has 1 saturated carbocycles. The monoisotopic (exact) mass is 840 g/mol. The van der Waals surface area contributed by atoms with Crippen LogP contribution in [0.2, 0.25) is 5.02 Å². The summed E-state index contributed by atoms with van der Waals surface area (Å²) in [5.41, 5.74) is -0.735. The van der Waals surface area contributed by atoms with Crippen molar-refractivity contribution in [3.63, 3.8) is 0 Å². The zero-order valence-electron chi connectivity index (χ0n) is 33.9. The summed E-state index contributed by atoms with van der Waals surface area (Å²) in [5.74, 6) is -1.67. The quantitative estimate of drug-likeness (QED) is 0.148. The summed E-state index contributed by atoms with van der Waals surface area (Å²) in [5, 5.41) is 22.6. The van der Waals surface area contributed by atoms with Gasteiger partial charge in [-0.05, 0) is 56.6 Å². The molecule has 4 aliphatic rings. The zero-order chi connectivity index (χ0) is 41.7. The molecular formula is C41H53ClN6O9S. The largest absolute Gasteiger partial charge is 0.495 e. The first kappa shape index (κ1) is 41.7. The molecule has 2 aromatic heterocycles. The lowest BCUT2D eigenvalue weighted by Gasteiger charge is -2.36. The smallest absolute Gasteiger partial charge is 0.408 e. The Morgan fingerprint density at radius 2 is 1.79 bits per heavy atom. The Bertz CT molecular complexity index is 2060. The highest BCUT2D eigenvalue weighted by molar-refractivity contribution is 7.14. The molecule has 1 aliphatic carbocycles. The van der Waals surface area contributed by atoms with E-state index in [-0.39, 0.29) is 54.7 Å². The van der Waals surface area contributed by atoms with Crippen molar-refractivity contribution in [2.45, 2.75) is 135 Å².